The largest absolute Gasteiger partial charge is 0.392 e. The van der Waals surface area contributed by atoms with Gasteiger partial charge in [-0.2, -0.15) is 0 Å². The first-order chi connectivity index (χ1) is 8.88. The van der Waals surface area contributed by atoms with Crippen molar-refractivity contribution >= 4 is 5.57 Å². The number of allylic oxidation sites excluding steroid dienone is 1. The number of aliphatic hydroxyl groups excluding tert-OH is 1. The van der Waals surface area contributed by atoms with E-state index in [2.05, 4.69) is 48.5 Å². The second-order valence-corrected chi connectivity index (χ2v) is 4.74. The van der Waals surface area contributed by atoms with Crippen LogP contribution in [-0.2, 0) is 12.8 Å². The molecule has 18 heavy (non-hydrogen) atoms. The summed E-state index contributed by atoms with van der Waals surface area (Å²) in [5.74, 6) is 0. The molecule has 1 N–H and O–H groups in total. The smallest absolute Gasteiger partial charge is 0.0651 e. The highest BCUT2D eigenvalue weighted by Crippen LogP contribution is 2.34. The van der Waals surface area contributed by atoms with E-state index in [1.54, 1.807) is 0 Å². The second-order valence-electron chi connectivity index (χ2n) is 4.74. The molecule has 1 aliphatic rings. The molecule has 2 aromatic rings. The number of rotatable bonds is 3. The highest BCUT2D eigenvalue weighted by Gasteiger charge is 2.20. The predicted molar refractivity (Wildman–Crippen MR) is 74.3 cm³/mol. The van der Waals surface area contributed by atoms with Gasteiger partial charge in [0.15, 0.2) is 0 Å². The highest BCUT2D eigenvalue weighted by atomic mass is 16.3. The van der Waals surface area contributed by atoms with E-state index in [9.17, 15) is 5.11 Å². The van der Waals surface area contributed by atoms with E-state index in [0.717, 1.165) is 12.8 Å². The summed E-state index contributed by atoms with van der Waals surface area (Å²) in [6.07, 6.45) is 1.81. The Labute approximate surface area is 107 Å². The molecule has 0 aliphatic heterocycles. The number of hydrogen-bond acceptors (Lipinski definition) is 1. The van der Waals surface area contributed by atoms with Crippen molar-refractivity contribution in [1.82, 2.24) is 0 Å². The number of fused-ring (bicyclic) bond motifs is 1. The van der Waals surface area contributed by atoms with Crippen LogP contribution in [0.15, 0.2) is 60.2 Å². The lowest BCUT2D eigenvalue weighted by Crippen LogP contribution is -1.95. The molecule has 0 saturated carbocycles. The van der Waals surface area contributed by atoms with E-state index in [-0.39, 0.29) is 6.61 Å². The Hall–Kier alpha value is -1.86. The molecule has 0 bridgehead atoms. The van der Waals surface area contributed by atoms with Crippen molar-refractivity contribution in [3.63, 3.8) is 0 Å². The van der Waals surface area contributed by atoms with Crippen LogP contribution < -0.4 is 0 Å². The molecular formula is C17H16O. The molecule has 0 fully saturated rings. The van der Waals surface area contributed by atoms with Gasteiger partial charge in [-0.1, -0.05) is 54.6 Å². The summed E-state index contributed by atoms with van der Waals surface area (Å²) < 4.78 is 0. The topological polar surface area (TPSA) is 20.2 Å². The number of benzene rings is 2. The van der Waals surface area contributed by atoms with Gasteiger partial charge in [-0.25, -0.2) is 0 Å². The van der Waals surface area contributed by atoms with Crippen LogP contribution in [0.2, 0.25) is 0 Å². The quantitative estimate of drug-likeness (QED) is 0.867. The van der Waals surface area contributed by atoms with Crippen molar-refractivity contribution in [2.75, 3.05) is 6.61 Å². The summed E-state index contributed by atoms with van der Waals surface area (Å²) in [6, 6.07) is 18.9. The lowest BCUT2D eigenvalue weighted by Gasteiger charge is -2.07. The van der Waals surface area contributed by atoms with Crippen molar-refractivity contribution in [3.8, 4) is 0 Å². The first kappa shape index (κ1) is 11.2. The van der Waals surface area contributed by atoms with Gasteiger partial charge < -0.3 is 5.11 Å². The van der Waals surface area contributed by atoms with Crippen LogP contribution in [0.1, 0.15) is 16.7 Å². The Balaban J connectivity index is 1.98. The van der Waals surface area contributed by atoms with E-state index in [1.807, 2.05) is 6.07 Å². The molecule has 0 amide bonds. The molecule has 0 atom stereocenters. The lowest BCUT2D eigenvalue weighted by molar-refractivity contribution is 0.329. The van der Waals surface area contributed by atoms with Crippen LogP contribution in [0.25, 0.3) is 5.57 Å². The molecule has 0 radical (unpaired) electrons. The normalized spacial score (nSPS) is 13.8. The van der Waals surface area contributed by atoms with Gasteiger partial charge in [-0.3, -0.25) is 0 Å². The SMILES string of the molecule is OCC1=C(Cc2ccccc2)c2ccccc2C1. The molecule has 0 heterocycles. The first-order valence-electron chi connectivity index (χ1n) is 6.32. The third-order valence-corrected chi connectivity index (χ3v) is 3.59. The van der Waals surface area contributed by atoms with Crippen LogP contribution in [0, 0.1) is 0 Å². The summed E-state index contributed by atoms with van der Waals surface area (Å²) in [5, 5.41) is 9.53. The number of hydrogen-bond donors (Lipinski definition) is 1. The summed E-state index contributed by atoms with van der Waals surface area (Å²) in [5.41, 5.74) is 6.42. The first-order valence-corrected chi connectivity index (χ1v) is 6.32. The van der Waals surface area contributed by atoms with Crippen LogP contribution in [0.4, 0.5) is 0 Å². The Kier molecular flexibility index (Phi) is 2.99. The molecule has 1 heteroatoms. The molecule has 1 nitrogen and oxygen atoms in total. The molecule has 0 spiro atoms. The maximum absolute atomic E-state index is 9.53. The lowest BCUT2D eigenvalue weighted by atomic mass is 9.98. The molecule has 90 valence electrons. The molecule has 0 saturated heterocycles. The summed E-state index contributed by atoms with van der Waals surface area (Å²) >= 11 is 0. The highest BCUT2D eigenvalue weighted by molar-refractivity contribution is 5.77. The Morgan fingerprint density at radius 1 is 0.889 bits per heavy atom. The Morgan fingerprint density at radius 2 is 1.61 bits per heavy atom. The second kappa shape index (κ2) is 4.79. The third-order valence-electron chi connectivity index (χ3n) is 3.59. The van der Waals surface area contributed by atoms with Crippen molar-refractivity contribution in [1.29, 1.82) is 0 Å². The fraction of sp³-hybridized carbons (Fsp3) is 0.176. The summed E-state index contributed by atoms with van der Waals surface area (Å²) in [7, 11) is 0. The zero-order chi connectivity index (χ0) is 12.4. The zero-order valence-corrected chi connectivity index (χ0v) is 10.3. The van der Waals surface area contributed by atoms with Crippen LogP contribution in [0.5, 0.6) is 0 Å². The summed E-state index contributed by atoms with van der Waals surface area (Å²) in [4.78, 5) is 0. The van der Waals surface area contributed by atoms with Crippen molar-refractivity contribution in [2.24, 2.45) is 0 Å². The minimum atomic E-state index is 0.164. The zero-order valence-electron chi connectivity index (χ0n) is 10.3. The molecule has 2 aromatic carbocycles. The van der Waals surface area contributed by atoms with E-state index in [1.165, 1.54) is 27.8 Å². The van der Waals surface area contributed by atoms with Gasteiger partial charge in [0.1, 0.15) is 0 Å². The van der Waals surface area contributed by atoms with Gasteiger partial charge in [-0.05, 0) is 40.7 Å². The standard InChI is InChI=1S/C17H16O/c18-12-15-11-14-8-4-5-9-16(14)17(15)10-13-6-2-1-3-7-13/h1-9,18H,10-12H2. The summed E-state index contributed by atoms with van der Waals surface area (Å²) in [6.45, 7) is 0.164. The Morgan fingerprint density at radius 3 is 2.39 bits per heavy atom. The average molecular weight is 236 g/mol. The molecule has 3 rings (SSSR count). The minimum absolute atomic E-state index is 0.164. The van der Waals surface area contributed by atoms with Crippen LogP contribution in [-0.4, -0.2) is 11.7 Å². The van der Waals surface area contributed by atoms with Crippen molar-refractivity contribution in [3.05, 3.63) is 76.9 Å². The van der Waals surface area contributed by atoms with Gasteiger partial charge >= 0.3 is 0 Å². The van der Waals surface area contributed by atoms with E-state index in [4.69, 9.17) is 0 Å². The van der Waals surface area contributed by atoms with Gasteiger partial charge in [0, 0.05) is 0 Å². The Bertz CT molecular complexity index is 582. The van der Waals surface area contributed by atoms with Gasteiger partial charge in [0.25, 0.3) is 0 Å². The van der Waals surface area contributed by atoms with Gasteiger partial charge in [-0.15, -0.1) is 0 Å². The maximum Gasteiger partial charge on any atom is 0.0651 e. The third kappa shape index (κ3) is 1.98. The molecule has 0 unspecified atom stereocenters. The molecule has 1 aliphatic carbocycles. The van der Waals surface area contributed by atoms with E-state index < -0.39 is 0 Å². The van der Waals surface area contributed by atoms with Gasteiger partial charge in [0.05, 0.1) is 6.61 Å². The predicted octanol–water partition coefficient (Wildman–Crippen LogP) is 3.23. The van der Waals surface area contributed by atoms with Crippen LogP contribution >= 0.6 is 0 Å². The molecular weight excluding hydrogens is 220 g/mol. The van der Waals surface area contributed by atoms with E-state index in [0.29, 0.717) is 0 Å². The van der Waals surface area contributed by atoms with Crippen molar-refractivity contribution < 1.29 is 5.11 Å². The van der Waals surface area contributed by atoms with Crippen molar-refractivity contribution in [2.45, 2.75) is 12.8 Å². The molecule has 0 aromatic heterocycles. The minimum Gasteiger partial charge on any atom is -0.392 e. The maximum atomic E-state index is 9.53. The monoisotopic (exact) mass is 236 g/mol. The fourth-order valence-corrected chi connectivity index (χ4v) is 2.67. The van der Waals surface area contributed by atoms with Crippen LogP contribution in [0.3, 0.4) is 0 Å². The van der Waals surface area contributed by atoms with E-state index >= 15 is 0 Å². The van der Waals surface area contributed by atoms with Gasteiger partial charge in [0.2, 0.25) is 0 Å². The number of aliphatic hydroxyl groups is 1. The average Bonchev–Trinajstić information content (AvgIpc) is 2.78. The fourth-order valence-electron chi connectivity index (χ4n) is 2.67.